The van der Waals surface area contributed by atoms with Gasteiger partial charge < -0.3 is 18.8 Å². The van der Waals surface area contributed by atoms with Crippen LogP contribution in [0.1, 0.15) is 91.5 Å². The van der Waals surface area contributed by atoms with Crippen molar-refractivity contribution in [1.82, 2.24) is 4.57 Å². The number of pyridine rings is 1. The van der Waals surface area contributed by atoms with E-state index in [1.165, 1.54) is 11.1 Å². The summed E-state index contributed by atoms with van der Waals surface area (Å²) in [6, 6.07) is 16.0. The Labute approximate surface area is 246 Å². The van der Waals surface area contributed by atoms with Crippen LogP contribution in [0.5, 0.6) is 17.2 Å². The molecule has 1 aromatic heterocycles. The number of fused-ring (bicyclic) bond motifs is 1. The van der Waals surface area contributed by atoms with Crippen LogP contribution in [0.4, 0.5) is 0 Å². The molecule has 0 bridgehead atoms. The van der Waals surface area contributed by atoms with Crippen LogP contribution in [-0.2, 0) is 13.2 Å². The fourth-order valence-corrected chi connectivity index (χ4v) is 4.68. The molecule has 0 aliphatic rings. The highest BCUT2D eigenvalue weighted by Gasteiger charge is 2.20. The molecule has 41 heavy (non-hydrogen) atoms. The number of hydrogen-bond donors (Lipinski definition) is 0. The Kier molecular flexibility index (Phi) is 13.6. The van der Waals surface area contributed by atoms with E-state index in [-0.39, 0.29) is 5.56 Å². The van der Waals surface area contributed by atoms with E-state index in [0.717, 1.165) is 73.6 Å². The fourth-order valence-electron chi connectivity index (χ4n) is 4.68. The molecule has 5 nitrogen and oxygen atoms in total. The zero-order valence-electron chi connectivity index (χ0n) is 25.8. The normalized spacial score (nSPS) is 11.5. The topological polar surface area (TPSA) is 49.7 Å². The number of rotatable bonds is 18. The van der Waals surface area contributed by atoms with Gasteiger partial charge in [-0.15, -0.1) is 0 Å². The first-order valence-corrected chi connectivity index (χ1v) is 15.4. The lowest BCUT2D eigenvalue weighted by molar-refractivity contribution is 0.272. The number of hydrogen-bond acceptors (Lipinski definition) is 4. The van der Waals surface area contributed by atoms with E-state index in [1.54, 1.807) is 0 Å². The third-order valence-corrected chi connectivity index (χ3v) is 7.13. The summed E-state index contributed by atoms with van der Waals surface area (Å²) < 4.78 is 20.5. The van der Waals surface area contributed by atoms with Crippen molar-refractivity contribution in [2.24, 2.45) is 0 Å². The Morgan fingerprint density at radius 1 is 0.829 bits per heavy atom. The van der Waals surface area contributed by atoms with Gasteiger partial charge in [0.1, 0.15) is 19.0 Å². The van der Waals surface area contributed by atoms with Gasteiger partial charge in [0.15, 0.2) is 5.75 Å². The summed E-state index contributed by atoms with van der Waals surface area (Å²) >= 11 is 0. The monoisotopic (exact) mass is 559 g/mol. The van der Waals surface area contributed by atoms with Gasteiger partial charge in [0, 0.05) is 18.0 Å². The molecule has 0 N–H and O–H groups in total. The van der Waals surface area contributed by atoms with E-state index in [2.05, 4.69) is 46.8 Å². The molecule has 0 radical (unpaired) electrons. The van der Waals surface area contributed by atoms with Crippen LogP contribution in [0, 0.1) is 0 Å². The van der Waals surface area contributed by atoms with Gasteiger partial charge in [-0.25, -0.2) is 0 Å². The number of nitrogens with zero attached hydrogens (tertiary/aromatic N) is 1. The van der Waals surface area contributed by atoms with Crippen molar-refractivity contribution < 1.29 is 14.2 Å². The van der Waals surface area contributed by atoms with E-state index in [1.807, 2.05) is 53.1 Å². The summed E-state index contributed by atoms with van der Waals surface area (Å²) in [7, 11) is 0. The summed E-state index contributed by atoms with van der Waals surface area (Å²) in [5.41, 5.74) is 4.37. The molecule has 3 rings (SSSR count). The maximum absolute atomic E-state index is 13.9. The average molecular weight is 560 g/mol. The SMILES string of the molecule is CCCCCCOc1c(OC/C=C(\C)CCC=C(C)C)c2ccc(OCc3ccccc3)cc2n(CCCC)c1=O. The van der Waals surface area contributed by atoms with Gasteiger partial charge in [0.05, 0.1) is 12.1 Å². The summed E-state index contributed by atoms with van der Waals surface area (Å²) in [6.07, 6.45) is 12.6. The van der Waals surface area contributed by atoms with E-state index in [0.29, 0.717) is 37.9 Å². The van der Waals surface area contributed by atoms with Crippen LogP contribution in [0.25, 0.3) is 10.9 Å². The van der Waals surface area contributed by atoms with Crippen molar-refractivity contribution in [1.29, 1.82) is 0 Å². The number of unbranched alkanes of at least 4 members (excludes halogenated alkanes) is 4. The minimum atomic E-state index is -0.138. The molecule has 0 atom stereocenters. The largest absolute Gasteiger partial charge is 0.489 e. The van der Waals surface area contributed by atoms with Crippen LogP contribution in [0.15, 0.2) is 76.6 Å². The molecule has 0 aliphatic carbocycles. The van der Waals surface area contributed by atoms with Gasteiger partial charge >= 0.3 is 0 Å². The first-order valence-electron chi connectivity index (χ1n) is 15.4. The van der Waals surface area contributed by atoms with E-state index >= 15 is 0 Å². The van der Waals surface area contributed by atoms with Crippen LogP contribution in [0.2, 0.25) is 0 Å². The van der Waals surface area contributed by atoms with E-state index in [9.17, 15) is 4.79 Å². The number of benzene rings is 2. The molecule has 0 unspecified atom stereocenters. The first-order chi connectivity index (χ1) is 19.9. The molecule has 0 fully saturated rings. The molecular formula is C36H49NO4. The van der Waals surface area contributed by atoms with Crippen molar-refractivity contribution in [2.45, 2.75) is 99.1 Å². The van der Waals surface area contributed by atoms with Crippen molar-refractivity contribution >= 4 is 10.9 Å². The van der Waals surface area contributed by atoms with Crippen LogP contribution >= 0.6 is 0 Å². The molecule has 5 heteroatoms. The number of aromatic nitrogens is 1. The predicted molar refractivity (Wildman–Crippen MR) is 171 cm³/mol. The van der Waals surface area contributed by atoms with Crippen molar-refractivity contribution in [3.8, 4) is 17.2 Å². The lowest BCUT2D eigenvalue weighted by Crippen LogP contribution is -2.24. The van der Waals surface area contributed by atoms with Crippen molar-refractivity contribution in [3.63, 3.8) is 0 Å². The third-order valence-electron chi connectivity index (χ3n) is 7.13. The van der Waals surface area contributed by atoms with Crippen LogP contribution < -0.4 is 19.8 Å². The molecule has 222 valence electrons. The standard InChI is InChI=1S/C36H49NO4/c1-6-8-10-14-24-39-35-34(40-25-22-29(5)17-15-16-28(3)4)32-21-20-31(41-27-30-18-12-11-13-19-30)26-33(32)37(36(35)38)23-9-7-2/h11-13,16,18-22,26H,6-10,14-15,17,23-25,27H2,1-5H3/b29-22+. The second-order valence-corrected chi connectivity index (χ2v) is 11.0. The summed E-state index contributed by atoms with van der Waals surface area (Å²) in [6.45, 7) is 12.7. The number of allylic oxidation sites excluding steroid dienone is 3. The smallest absolute Gasteiger partial charge is 0.297 e. The molecule has 0 spiro atoms. The maximum Gasteiger partial charge on any atom is 0.297 e. The minimum absolute atomic E-state index is 0.138. The van der Waals surface area contributed by atoms with Crippen molar-refractivity contribution in [3.05, 3.63) is 87.7 Å². The first kappa shape index (κ1) is 32.0. The summed E-state index contributed by atoms with van der Waals surface area (Å²) in [4.78, 5) is 13.9. The highest BCUT2D eigenvalue weighted by Crippen LogP contribution is 2.35. The van der Waals surface area contributed by atoms with E-state index in [4.69, 9.17) is 14.2 Å². The van der Waals surface area contributed by atoms with E-state index < -0.39 is 0 Å². The minimum Gasteiger partial charge on any atom is -0.489 e. The second kappa shape index (κ2) is 17.4. The number of aryl methyl sites for hydroxylation is 1. The molecule has 0 saturated carbocycles. The molecule has 2 aromatic carbocycles. The summed E-state index contributed by atoms with van der Waals surface area (Å²) in [5.74, 6) is 1.56. The Morgan fingerprint density at radius 2 is 1.61 bits per heavy atom. The molecule has 3 aromatic rings. The Balaban J connectivity index is 1.97. The molecule has 1 heterocycles. The quantitative estimate of drug-likeness (QED) is 0.115. The average Bonchev–Trinajstić information content (AvgIpc) is 2.97. The zero-order valence-corrected chi connectivity index (χ0v) is 25.8. The Morgan fingerprint density at radius 3 is 2.34 bits per heavy atom. The molecular weight excluding hydrogens is 510 g/mol. The molecule has 0 amide bonds. The lowest BCUT2D eigenvalue weighted by Gasteiger charge is -2.19. The highest BCUT2D eigenvalue weighted by atomic mass is 16.5. The molecule has 0 saturated heterocycles. The second-order valence-electron chi connectivity index (χ2n) is 11.0. The van der Waals surface area contributed by atoms with Crippen molar-refractivity contribution in [2.75, 3.05) is 13.2 Å². The van der Waals surface area contributed by atoms with Gasteiger partial charge in [-0.1, -0.05) is 87.1 Å². The van der Waals surface area contributed by atoms with Crippen LogP contribution in [-0.4, -0.2) is 17.8 Å². The van der Waals surface area contributed by atoms with Gasteiger partial charge in [-0.05, 0) is 70.2 Å². The molecule has 0 aliphatic heterocycles. The van der Waals surface area contributed by atoms with Crippen LogP contribution in [0.3, 0.4) is 0 Å². The zero-order chi connectivity index (χ0) is 29.5. The number of ether oxygens (including phenoxy) is 3. The predicted octanol–water partition coefficient (Wildman–Crippen LogP) is 9.41. The summed E-state index contributed by atoms with van der Waals surface area (Å²) in [5, 5.41) is 0.868. The van der Waals surface area contributed by atoms with Gasteiger partial charge in [0.2, 0.25) is 5.75 Å². The highest BCUT2D eigenvalue weighted by molar-refractivity contribution is 5.89. The Bertz CT molecular complexity index is 1330. The third kappa shape index (κ3) is 10.1. The van der Waals surface area contributed by atoms with Gasteiger partial charge in [-0.2, -0.15) is 0 Å². The van der Waals surface area contributed by atoms with Gasteiger partial charge in [-0.3, -0.25) is 4.79 Å². The van der Waals surface area contributed by atoms with Gasteiger partial charge in [0.25, 0.3) is 5.56 Å². The fraction of sp³-hybridized carbons (Fsp3) is 0.472. The maximum atomic E-state index is 13.9. The lowest BCUT2D eigenvalue weighted by atomic mass is 10.1. The Hall–Kier alpha value is -3.47.